The van der Waals surface area contributed by atoms with Crippen molar-refractivity contribution in [1.29, 1.82) is 0 Å². The predicted octanol–water partition coefficient (Wildman–Crippen LogP) is 2.48. The zero-order valence-electron chi connectivity index (χ0n) is 18.4. The summed E-state index contributed by atoms with van der Waals surface area (Å²) in [5.74, 6) is 1.25. The number of amides is 3. The first-order valence-corrected chi connectivity index (χ1v) is 10.3. The second kappa shape index (κ2) is 11.3. The van der Waals surface area contributed by atoms with Gasteiger partial charge >= 0.3 is 6.09 Å². The van der Waals surface area contributed by atoms with Crippen LogP contribution >= 0.6 is 12.6 Å². The third-order valence-corrected chi connectivity index (χ3v) is 4.26. The molecule has 2 unspecified atom stereocenters. The summed E-state index contributed by atoms with van der Waals surface area (Å²) in [6.45, 7) is 8.65. The Hall–Kier alpha value is -3.10. The molecule has 8 heteroatoms. The summed E-state index contributed by atoms with van der Waals surface area (Å²) < 4.78 is 5.20. The summed E-state index contributed by atoms with van der Waals surface area (Å²) in [6.07, 6.45) is 10.4. The van der Waals surface area contributed by atoms with E-state index in [9.17, 15) is 14.4 Å². The van der Waals surface area contributed by atoms with E-state index < -0.39 is 35.6 Å². The molecule has 2 N–H and O–H groups in total. The molecule has 1 aromatic carbocycles. The molecule has 2 atom stereocenters. The van der Waals surface area contributed by atoms with Crippen LogP contribution in [-0.2, 0) is 14.3 Å². The molecular formula is C23H29N3O4S. The van der Waals surface area contributed by atoms with E-state index in [1.54, 1.807) is 58.9 Å². The molecule has 0 aromatic heterocycles. The predicted molar refractivity (Wildman–Crippen MR) is 123 cm³/mol. The zero-order valence-corrected chi connectivity index (χ0v) is 19.3. The molecule has 0 saturated heterocycles. The van der Waals surface area contributed by atoms with Crippen LogP contribution in [0.2, 0.25) is 0 Å². The van der Waals surface area contributed by atoms with E-state index in [1.807, 2.05) is 0 Å². The van der Waals surface area contributed by atoms with Gasteiger partial charge in [-0.05, 0) is 40.7 Å². The summed E-state index contributed by atoms with van der Waals surface area (Å²) in [4.78, 5) is 39.4. The highest BCUT2D eigenvalue weighted by Gasteiger charge is 2.36. The standard InChI is InChI=1S/C23H29N3O4S/c1-8-16-12-10-11-13-17(16)19(20(27)24-15(3)4)26(9-2)21(28)18(14-31)25-22(29)30-23(5,6)7/h1-2,10-13,15,18-19,31H,14H2,3-7H3,(H,24,27)(H,25,29). The van der Waals surface area contributed by atoms with Crippen LogP contribution in [0.3, 0.4) is 0 Å². The molecule has 0 aliphatic carbocycles. The number of hydrogen-bond donors (Lipinski definition) is 3. The molecular weight excluding hydrogens is 414 g/mol. The molecule has 0 heterocycles. The van der Waals surface area contributed by atoms with Crippen molar-refractivity contribution < 1.29 is 19.1 Å². The maximum absolute atomic E-state index is 13.2. The molecule has 1 aromatic rings. The molecule has 0 aliphatic heterocycles. The SMILES string of the molecule is C#Cc1ccccc1C(C(=O)NC(C)C)N(C#C)C(=O)C(CS)NC(=O)OC(C)(C)C. The van der Waals surface area contributed by atoms with Crippen LogP contribution in [0, 0.1) is 24.8 Å². The van der Waals surface area contributed by atoms with Crippen LogP contribution in [0.1, 0.15) is 51.8 Å². The lowest BCUT2D eigenvalue weighted by Crippen LogP contribution is -2.52. The summed E-state index contributed by atoms with van der Waals surface area (Å²) in [5, 5.41) is 5.22. The van der Waals surface area contributed by atoms with E-state index in [0.29, 0.717) is 11.1 Å². The first-order valence-electron chi connectivity index (χ1n) is 9.70. The fourth-order valence-corrected chi connectivity index (χ4v) is 2.94. The van der Waals surface area contributed by atoms with E-state index in [4.69, 9.17) is 17.6 Å². The maximum Gasteiger partial charge on any atom is 0.408 e. The summed E-state index contributed by atoms with van der Waals surface area (Å²) in [6, 6.07) is 6.44. The van der Waals surface area contributed by atoms with Gasteiger partial charge in [0, 0.05) is 29.0 Å². The average molecular weight is 444 g/mol. The Bertz CT molecular complexity index is 893. The van der Waals surface area contributed by atoms with Gasteiger partial charge in [0.25, 0.3) is 5.91 Å². The van der Waals surface area contributed by atoms with Gasteiger partial charge in [0.1, 0.15) is 17.7 Å². The number of nitrogens with zero attached hydrogens (tertiary/aromatic N) is 1. The van der Waals surface area contributed by atoms with Gasteiger partial charge in [0.2, 0.25) is 5.91 Å². The smallest absolute Gasteiger partial charge is 0.408 e. The second-order valence-electron chi connectivity index (χ2n) is 8.02. The number of alkyl carbamates (subject to hydrolysis) is 1. The molecule has 0 fully saturated rings. The molecule has 31 heavy (non-hydrogen) atoms. The molecule has 3 amide bonds. The van der Waals surface area contributed by atoms with Crippen LogP contribution in [0.5, 0.6) is 0 Å². The third kappa shape index (κ3) is 7.58. The quantitative estimate of drug-likeness (QED) is 0.343. The van der Waals surface area contributed by atoms with Crippen molar-refractivity contribution in [3.8, 4) is 24.8 Å². The molecule has 7 nitrogen and oxygen atoms in total. The van der Waals surface area contributed by atoms with Gasteiger partial charge in [-0.25, -0.2) is 4.79 Å². The van der Waals surface area contributed by atoms with Crippen LogP contribution in [0.25, 0.3) is 0 Å². The lowest BCUT2D eigenvalue weighted by Gasteiger charge is -2.30. The number of nitrogens with one attached hydrogen (secondary N) is 2. The topological polar surface area (TPSA) is 87.7 Å². The Morgan fingerprint density at radius 2 is 1.77 bits per heavy atom. The first-order chi connectivity index (χ1) is 14.4. The van der Waals surface area contributed by atoms with E-state index in [2.05, 4.69) is 35.2 Å². The van der Waals surface area contributed by atoms with Crippen molar-refractivity contribution in [3.05, 3.63) is 35.4 Å². The van der Waals surface area contributed by atoms with E-state index in [1.165, 1.54) is 0 Å². The second-order valence-corrected chi connectivity index (χ2v) is 8.38. The molecule has 166 valence electrons. The third-order valence-electron chi connectivity index (χ3n) is 3.90. The van der Waals surface area contributed by atoms with E-state index in [-0.39, 0.29) is 11.8 Å². The van der Waals surface area contributed by atoms with Gasteiger partial charge in [-0.15, -0.1) is 6.42 Å². The van der Waals surface area contributed by atoms with Crippen LogP contribution < -0.4 is 10.6 Å². The maximum atomic E-state index is 13.2. The van der Waals surface area contributed by atoms with E-state index in [0.717, 1.165) is 4.90 Å². The fourth-order valence-electron chi connectivity index (χ4n) is 2.70. The number of terminal acetylenes is 2. The highest BCUT2D eigenvalue weighted by Crippen LogP contribution is 2.25. The number of hydrogen-bond acceptors (Lipinski definition) is 5. The van der Waals surface area contributed by atoms with E-state index >= 15 is 0 Å². The Kier molecular flexibility index (Phi) is 9.48. The van der Waals surface area contributed by atoms with Gasteiger partial charge in [0.05, 0.1) is 0 Å². The molecule has 0 spiro atoms. The lowest BCUT2D eigenvalue weighted by atomic mass is 9.98. The average Bonchev–Trinajstić information content (AvgIpc) is 2.67. The van der Waals surface area contributed by atoms with Crippen LogP contribution in [-0.4, -0.2) is 46.2 Å². The van der Waals surface area contributed by atoms with Crippen molar-refractivity contribution in [2.75, 3.05) is 5.75 Å². The highest BCUT2D eigenvalue weighted by atomic mass is 32.1. The number of carbonyl (C=O) groups is 3. The monoisotopic (exact) mass is 443 g/mol. The van der Waals surface area contributed by atoms with Gasteiger partial charge in [-0.3, -0.25) is 14.5 Å². The van der Waals surface area contributed by atoms with Crippen molar-refractivity contribution in [3.63, 3.8) is 0 Å². The number of benzene rings is 1. The summed E-state index contributed by atoms with van der Waals surface area (Å²) >= 11 is 4.16. The Morgan fingerprint density at radius 1 is 1.16 bits per heavy atom. The first kappa shape index (κ1) is 25.9. The molecule has 1 rings (SSSR count). The lowest BCUT2D eigenvalue weighted by molar-refractivity contribution is -0.138. The van der Waals surface area contributed by atoms with Crippen molar-refractivity contribution in [1.82, 2.24) is 15.5 Å². The van der Waals surface area contributed by atoms with Gasteiger partial charge in [-0.2, -0.15) is 12.6 Å². The van der Waals surface area contributed by atoms with Crippen molar-refractivity contribution in [2.24, 2.45) is 0 Å². The fraction of sp³-hybridized carbons (Fsp3) is 0.435. The Labute approximate surface area is 189 Å². The van der Waals surface area contributed by atoms with Crippen LogP contribution in [0.4, 0.5) is 4.79 Å². The summed E-state index contributed by atoms with van der Waals surface area (Å²) in [5.41, 5.74) is 0.0533. The Morgan fingerprint density at radius 3 is 2.26 bits per heavy atom. The zero-order chi connectivity index (χ0) is 23.8. The minimum atomic E-state index is -1.20. The highest BCUT2D eigenvalue weighted by molar-refractivity contribution is 7.80. The normalized spacial score (nSPS) is 12.7. The number of ether oxygens (including phenoxy) is 1. The minimum absolute atomic E-state index is 0.0639. The van der Waals surface area contributed by atoms with Crippen molar-refractivity contribution >= 4 is 30.5 Å². The number of thiol groups is 1. The van der Waals surface area contributed by atoms with Crippen LogP contribution in [0.15, 0.2) is 24.3 Å². The summed E-state index contributed by atoms with van der Waals surface area (Å²) in [7, 11) is 0. The molecule has 0 radical (unpaired) electrons. The number of carbonyl (C=O) groups excluding carboxylic acids is 3. The van der Waals surface area contributed by atoms with Gasteiger partial charge in [-0.1, -0.05) is 30.5 Å². The minimum Gasteiger partial charge on any atom is -0.444 e. The molecule has 0 bridgehead atoms. The molecule has 0 aliphatic rings. The molecule has 0 saturated carbocycles. The largest absolute Gasteiger partial charge is 0.444 e. The van der Waals surface area contributed by atoms with Gasteiger partial charge in [0.15, 0.2) is 0 Å². The number of rotatable bonds is 7. The Balaban J connectivity index is 3.35. The van der Waals surface area contributed by atoms with Crippen molar-refractivity contribution in [2.45, 2.75) is 58.3 Å². The van der Waals surface area contributed by atoms with Gasteiger partial charge < -0.3 is 15.4 Å².